The molecule has 5 bridgehead atoms. The molecule has 11 rings (SSSR count). The molecule has 0 saturated carbocycles. The van der Waals surface area contributed by atoms with Crippen molar-refractivity contribution in [3.63, 3.8) is 0 Å². The fourth-order valence-corrected chi connectivity index (χ4v) is 25.5. The molecule has 2 aromatic heterocycles. The summed E-state index contributed by atoms with van der Waals surface area (Å²) in [5, 5.41) is 13.5. The molecule has 4 N–H and O–H groups in total. The lowest BCUT2D eigenvalue weighted by molar-refractivity contribution is -0.165. The Balaban J connectivity index is 0.000000300. The maximum atomic E-state index is 14.9. The largest absolute Gasteiger partial charge is 0.460 e. The number of hydrogen-bond acceptors (Lipinski definition) is 19. The quantitative estimate of drug-likeness (QED) is 0.0200. The zero-order valence-electron chi connectivity index (χ0n) is 79.2. The molecule has 3 aliphatic rings. The highest BCUT2D eigenvalue weighted by molar-refractivity contribution is 7.00. The van der Waals surface area contributed by atoms with Gasteiger partial charge in [0.2, 0.25) is 9.70 Å². The highest BCUT2D eigenvalue weighted by Crippen LogP contribution is 2.40. The van der Waals surface area contributed by atoms with Crippen LogP contribution in [0, 0.1) is 22.7 Å². The second-order valence-corrected chi connectivity index (χ2v) is 50.1. The molecule has 6 aromatic carbocycles. The number of halogens is 3. The minimum absolute atomic E-state index is 0. The van der Waals surface area contributed by atoms with E-state index in [9.17, 15) is 43.2 Å². The molecular formula is C102H133Cl3N10O15Si2. The monoisotopic (exact) mass is 1900 g/mol. The van der Waals surface area contributed by atoms with Crippen molar-refractivity contribution in [2.75, 3.05) is 47.0 Å². The first kappa shape index (κ1) is 105. The number of carbonyl (C=O) groups excluding carboxylic acids is 9. The number of rotatable bonds is 23. The summed E-state index contributed by atoms with van der Waals surface area (Å²) in [6.45, 7) is 35.5. The number of likely N-dealkylation sites (N-methyl/N-ethyl adjacent to an activating group) is 1. The van der Waals surface area contributed by atoms with Gasteiger partial charge in [-0.1, -0.05) is 293 Å². The minimum Gasteiger partial charge on any atom is -0.460 e. The van der Waals surface area contributed by atoms with Gasteiger partial charge in [-0.05, 0) is 166 Å². The van der Waals surface area contributed by atoms with E-state index in [1.54, 1.807) is 92.6 Å². The van der Waals surface area contributed by atoms with E-state index in [0.717, 1.165) is 53.9 Å². The topological polar surface area (TPSA) is 296 Å². The van der Waals surface area contributed by atoms with Crippen LogP contribution in [-0.4, -0.2) is 193 Å². The third-order valence-corrected chi connectivity index (χ3v) is 34.4. The van der Waals surface area contributed by atoms with Crippen molar-refractivity contribution in [3.05, 3.63) is 217 Å². The van der Waals surface area contributed by atoms with E-state index in [4.69, 9.17) is 72.6 Å². The number of pyridine rings is 2. The van der Waals surface area contributed by atoms with Gasteiger partial charge in [0.15, 0.2) is 12.2 Å². The number of hydrogen-bond donors (Lipinski definition) is 4. The summed E-state index contributed by atoms with van der Waals surface area (Å²) in [6.07, 6.45) is 5.92. The third kappa shape index (κ3) is 26.0. The molecule has 25 nitrogen and oxygen atoms in total. The maximum absolute atomic E-state index is 14.9. The van der Waals surface area contributed by atoms with Crippen molar-refractivity contribution >= 4 is 160 Å². The number of nitrogens with one attached hydrogen (secondary N) is 4. The van der Waals surface area contributed by atoms with Crippen LogP contribution in [0.25, 0.3) is 34.0 Å². The van der Waals surface area contributed by atoms with Crippen LogP contribution < -0.4 is 42.2 Å². The predicted molar refractivity (Wildman–Crippen MR) is 527 cm³/mol. The first-order valence-electron chi connectivity index (χ1n) is 44.8. The number of hydrazine groups is 2. The van der Waals surface area contributed by atoms with Gasteiger partial charge < -0.3 is 48.2 Å². The van der Waals surface area contributed by atoms with Gasteiger partial charge in [0, 0.05) is 38.0 Å². The van der Waals surface area contributed by atoms with Crippen LogP contribution in [0.5, 0.6) is 0 Å². The Bertz CT molecular complexity index is 5340. The van der Waals surface area contributed by atoms with E-state index in [-0.39, 0.29) is 45.2 Å². The molecule has 0 radical (unpaired) electrons. The fraction of sp³-hybridized carbons (Fsp3) is 0.461. The Morgan fingerprint density at radius 2 is 1.20 bits per heavy atom. The molecular weight excluding hydrogens is 1770 g/mol. The van der Waals surface area contributed by atoms with Gasteiger partial charge >= 0.3 is 24.0 Å². The Kier molecular flexibility index (Phi) is 35.4. The van der Waals surface area contributed by atoms with E-state index < -0.39 is 149 Å². The van der Waals surface area contributed by atoms with E-state index in [1.165, 1.54) is 14.9 Å². The number of esters is 3. The van der Waals surface area contributed by atoms with Crippen LogP contribution in [0.4, 0.5) is 4.79 Å². The number of amides is 6. The van der Waals surface area contributed by atoms with Crippen LogP contribution >= 0.6 is 34.8 Å². The molecule has 0 unspecified atom stereocenters. The average Bonchev–Trinajstić information content (AvgIpc) is 0.747. The zero-order valence-corrected chi connectivity index (χ0v) is 83.5. The second-order valence-electron chi connectivity index (χ2n) is 38.9. The van der Waals surface area contributed by atoms with Gasteiger partial charge in [-0.25, -0.2) is 15.6 Å². The van der Waals surface area contributed by atoms with Gasteiger partial charge in [0.1, 0.15) is 36.4 Å². The van der Waals surface area contributed by atoms with Gasteiger partial charge in [0.05, 0.1) is 58.5 Å². The first-order valence-corrected chi connectivity index (χ1v) is 49.7. The summed E-state index contributed by atoms with van der Waals surface area (Å²) in [5.74, 6) is -5.47. The van der Waals surface area contributed by atoms with Gasteiger partial charge in [0.25, 0.3) is 40.3 Å². The molecule has 0 aliphatic carbocycles. The number of nitrogens with zero attached hydrogens (tertiary/aromatic N) is 6. The number of benzene rings is 6. The van der Waals surface area contributed by atoms with Crippen molar-refractivity contribution < 1.29 is 71.0 Å². The Morgan fingerprint density at radius 3 is 1.73 bits per heavy atom. The lowest BCUT2D eigenvalue weighted by Crippen LogP contribution is -2.68. The van der Waals surface area contributed by atoms with Crippen molar-refractivity contribution in [1.29, 1.82) is 0 Å². The molecule has 710 valence electrons. The number of ether oxygens (including phenoxy) is 4. The van der Waals surface area contributed by atoms with Crippen LogP contribution in [0.3, 0.4) is 0 Å². The normalized spacial score (nSPS) is 19.1. The maximum Gasteiger partial charge on any atom is 0.410 e. The zero-order chi connectivity index (χ0) is 96.1. The lowest BCUT2D eigenvalue weighted by atomic mass is 9.91. The van der Waals surface area contributed by atoms with E-state index in [0.29, 0.717) is 43.4 Å². The summed E-state index contributed by atoms with van der Waals surface area (Å²) >= 11 is 17.5. The van der Waals surface area contributed by atoms with Gasteiger partial charge in [-0.15, -0.1) is 0 Å². The van der Waals surface area contributed by atoms with Gasteiger partial charge in [-0.3, -0.25) is 58.3 Å². The second kappa shape index (κ2) is 44.3. The molecule has 5 heterocycles. The highest BCUT2D eigenvalue weighted by Gasteiger charge is 2.54. The number of cyclic esters (lactones) is 1. The molecule has 2 saturated heterocycles. The standard InChI is InChI=1S/C54H70Cl3N5O9Si.C47H59N5O6Si.CH4/c1-35(2)45(70-49(66)53(10,11)30-29-37-25-26-38-27-28-41(58-43(38)32-37)36(3)61(12)50(67)71-51(4,5)6)46(63)59-44(47(64)62-31-19-24-42(60-62)48(65)68-34-54(55,56)57)33-69-72(52(7,8)9,39-20-15-13-16-21-39)40-22-17-14-18-23-40;1-31(2)41-42(53)49-40(30-57-59(46(4,5)6,35-17-12-10-13-18-35)36-19-14-11-15-20-36)44(55)52-28-16-21-38(50-52)43(54)51(9)32(3)37-25-24-34-23-22-33(29-39(34)48-37)26-27-47(7,8)45(56)58-41;/h13-18,20-23,25-30,32,35-36,42,44-45,60H,19,24,31,33-34H2,1-12H3,(H,59,63);10-15,17-20,22-27,29,31-32,38,40-41,50H,16,21,28,30H2,1-9H3,(H,49,53);1H4/b30-29+;27-26+;/t36-,42+,44+,45+;32-,38+,40+,41+;/m11./s1. The first-order chi connectivity index (χ1) is 61.4. The van der Waals surface area contributed by atoms with Crippen molar-refractivity contribution in [1.82, 2.24) is 51.3 Å². The minimum atomic E-state index is -3.27. The van der Waals surface area contributed by atoms with Gasteiger partial charge in [-0.2, -0.15) is 0 Å². The molecule has 6 amide bonds. The molecule has 132 heavy (non-hydrogen) atoms. The summed E-state index contributed by atoms with van der Waals surface area (Å²) in [7, 11) is -3.02. The highest BCUT2D eigenvalue weighted by atomic mass is 35.6. The predicted octanol–water partition coefficient (Wildman–Crippen LogP) is 15.8. The van der Waals surface area contributed by atoms with E-state index >= 15 is 0 Å². The van der Waals surface area contributed by atoms with Crippen LogP contribution in [-0.2, 0) is 66.2 Å². The number of alkyl halides is 3. The third-order valence-electron chi connectivity index (χ3n) is 24.0. The number of fused-ring (bicyclic) bond motifs is 5. The Hall–Kier alpha value is -10.2. The van der Waals surface area contributed by atoms with Crippen molar-refractivity contribution in [2.24, 2.45) is 22.7 Å². The summed E-state index contributed by atoms with van der Waals surface area (Å²) in [5.41, 5.74) is 7.63. The summed E-state index contributed by atoms with van der Waals surface area (Å²) in [4.78, 5) is 140. The smallest absolute Gasteiger partial charge is 0.410 e. The lowest BCUT2D eigenvalue weighted by Gasteiger charge is -2.44. The molecule has 8 aromatic rings. The molecule has 8 atom stereocenters. The molecule has 30 heteroatoms. The number of aromatic nitrogens is 2. The summed E-state index contributed by atoms with van der Waals surface area (Å²) < 4.78 is 35.5. The van der Waals surface area contributed by atoms with E-state index in [1.807, 2.05) is 198 Å². The van der Waals surface area contributed by atoms with Crippen molar-refractivity contribution in [2.45, 2.75) is 233 Å². The fourth-order valence-electron chi connectivity index (χ4n) is 16.2. The Labute approximate surface area is 795 Å². The number of carbonyl (C=O) groups is 9. The SMILES string of the molecule is C.CC(C)[C@@H]1OC(=O)C(C)(C)/C=C/c2ccc3ccc(nc3c2)[C@@H](C)N(C)C(=O)[C@@H]2CCCN(N2)C(=O)[C@H](CO[Si](c2ccccc2)(c2ccccc2)C(C)(C)C)NC1=O.CC(C)[C@H](OC(=O)C(C)(C)/C=C/c1ccc2ccc([C@@H](C)N(C)C(=O)OC(C)(C)C)nc2c1)C(=O)N[C@@H](CO[Si](c1ccccc1)(c1ccccc1)C(C)(C)C)C(=O)N1CCC[C@@H](C(=O)OCC(Cl)(Cl)Cl)N1. The Morgan fingerprint density at radius 1 is 0.667 bits per heavy atom. The molecule has 3 aliphatic heterocycles. The average molecular weight is 1900 g/mol. The van der Waals surface area contributed by atoms with Crippen LogP contribution in [0.2, 0.25) is 10.1 Å². The van der Waals surface area contributed by atoms with Crippen molar-refractivity contribution in [3.8, 4) is 0 Å². The van der Waals surface area contributed by atoms with Crippen LogP contribution in [0.15, 0.2) is 194 Å². The molecule has 2 fully saturated rings. The molecule has 0 spiro atoms. The van der Waals surface area contributed by atoms with Crippen LogP contribution in [0.1, 0.15) is 199 Å². The summed E-state index contributed by atoms with van der Waals surface area (Å²) in [6, 6.07) is 54.2. The van der Waals surface area contributed by atoms with E-state index in [2.05, 4.69) is 87.3 Å².